The minimum absolute atomic E-state index is 0.546. The topological polar surface area (TPSA) is 513 Å². The SMILES string of the molecule is CCCC[Si](C)(C)O[Si](=O)[Si](=O)[Si](=O)[Si](=O)[Si](=O)[Si](=O)[Si](=O)[Si](=O)[Si](=O)[Si](=O)[Si](=O)[Si](=O)[Si](=O)[SiH]=O.C[SiH](C)O[Si](C)(C)[Si](=O)[Si](=O)[Si](=O)[Si](=O)[Si](=O)[Si](=O)[Si](=O)[Si](=O)[Si](=O)[Si](=O)[Si](=O)[Si](=O)[Si](=O)[Si](=O)[SiH]=O. The van der Waals surface area contributed by atoms with Crippen LogP contribution >= 0.6 is 0 Å². The Hall–Kier alpha value is 0.900. The van der Waals surface area contributed by atoms with Gasteiger partial charge in [-0.15, -0.1) is 0 Å². The summed E-state index contributed by atoms with van der Waals surface area (Å²) < 4.78 is 361. The highest BCUT2D eigenvalue weighted by Gasteiger charge is 2.57. The molecule has 0 amide bonds. The van der Waals surface area contributed by atoms with Crippen LogP contribution in [0, 0.1) is 0 Å². The van der Waals surface area contributed by atoms with Crippen LogP contribution in [0.2, 0.25) is 45.3 Å². The molecule has 31 nitrogen and oxygen atoms in total. The van der Waals surface area contributed by atoms with Crippen LogP contribution in [0.15, 0.2) is 0 Å². The van der Waals surface area contributed by atoms with Crippen LogP contribution in [0.3, 0.4) is 0 Å². The molecule has 0 N–H and O–H groups in total. The molecule has 0 spiro atoms. The van der Waals surface area contributed by atoms with E-state index < -0.39 is 252 Å². The smallest absolute Gasteiger partial charge is 0.532 e. The first-order valence-electron chi connectivity index (χ1n) is 19.1. The van der Waals surface area contributed by atoms with Gasteiger partial charge in [-0.1, -0.05) is 19.8 Å². The Morgan fingerprint density at radius 3 is 0.795 bits per heavy atom. The molecule has 73 heavy (non-hydrogen) atoms. The summed E-state index contributed by atoms with van der Waals surface area (Å²) in [6, 6.07) is 0.546. The highest BCUT2D eigenvalue weighted by Crippen LogP contribution is 2.15. The molecule has 0 atom stereocenters. The second-order valence-corrected chi connectivity index (χ2v) is 161. The fraction of sp³-hybridized carbons (Fsp3) is 1.00. The third-order valence-electron chi connectivity index (χ3n) is 7.96. The predicted octanol–water partition coefficient (Wildman–Crippen LogP) is -11.3. The standard InChI is InChI=1S/C6H16O15Si15.C4H14O16Si17/c1-4-5-6-36(2,3)21-23(8)25(10)27(12)29(14)31(16)33(18)35(20)34(19)32(17)30(15)28(13)26(11)24(9)22-7;1-22(2)20-37(3,4)36(19)35(18)34(17)33(16)32(15)31(14)30(13)29(12)28(11)27(10)26(9)25(8)24(7)23(6)21-5/h22H,4-6H2,1-3H3;21-22H,1-4H3. The van der Waals surface area contributed by atoms with Crippen LogP contribution in [0.25, 0.3) is 0 Å². The first-order chi connectivity index (χ1) is 33.2. The summed E-state index contributed by atoms with van der Waals surface area (Å²) >= 11 is 0. The van der Waals surface area contributed by atoms with E-state index in [-0.39, 0.29) is 0 Å². The molecular weight excluding hydrogens is 1510 g/mol. The van der Waals surface area contributed by atoms with Gasteiger partial charge in [0.25, 0.3) is 0 Å². The number of rotatable bonds is 35. The van der Waals surface area contributed by atoms with Crippen molar-refractivity contribution in [1.82, 2.24) is 0 Å². The fourth-order valence-electron chi connectivity index (χ4n) is 4.35. The molecule has 0 aliphatic carbocycles. The van der Waals surface area contributed by atoms with Crippen molar-refractivity contribution in [2.24, 2.45) is 0 Å². The summed E-state index contributed by atoms with van der Waals surface area (Å²) in [6.07, 6.45) is 1.53. The Morgan fingerprint density at radius 2 is 0.575 bits per heavy atom. The van der Waals surface area contributed by atoms with Crippen LogP contribution in [0.1, 0.15) is 19.8 Å². The van der Waals surface area contributed by atoms with Crippen molar-refractivity contribution in [3.63, 3.8) is 0 Å². The fourth-order valence-corrected chi connectivity index (χ4v) is 320. The van der Waals surface area contributed by atoms with Gasteiger partial charge >= 0.3 is 227 Å². The van der Waals surface area contributed by atoms with Gasteiger partial charge in [-0.25, -0.2) is 0 Å². The summed E-state index contributed by atoms with van der Waals surface area (Å²) in [5.41, 5.74) is 0. The van der Waals surface area contributed by atoms with Crippen molar-refractivity contribution in [1.29, 1.82) is 0 Å². The quantitative estimate of drug-likeness (QED) is 0.0532. The molecule has 0 rings (SSSR count). The van der Waals surface area contributed by atoms with E-state index in [1.54, 1.807) is 26.2 Å². The molecule has 384 valence electrons. The predicted molar refractivity (Wildman–Crippen MR) is 265 cm³/mol. The zero-order valence-electron chi connectivity index (χ0n) is 38.0. The van der Waals surface area contributed by atoms with Crippen molar-refractivity contribution in [2.45, 2.75) is 65.1 Å². The Kier molecular flexibility index (Phi) is 36.3. The second kappa shape index (κ2) is 34.9. The molecule has 0 fully saturated rings. The molecule has 0 aromatic carbocycles. The van der Waals surface area contributed by atoms with Gasteiger partial charge in [-0.2, -0.15) is 0 Å². The highest BCUT2D eigenvalue weighted by molar-refractivity contribution is 7.82. The number of hydrogen-bond acceptors (Lipinski definition) is 31. The van der Waals surface area contributed by atoms with Gasteiger partial charge in [0.05, 0.1) is 0 Å². The highest BCUT2D eigenvalue weighted by atomic mass is 30.1. The number of unbranched alkanes of at least 4 members (excludes halogenated alkanes) is 1. The molecule has 0 saturated carbocycles. The molecule has 0 bridgehead atoms. The minimum atomic E-state index is -4.17. The van der Waals surface area contributed by atoms with Gasteiger partial charge in [-0.3, -0.25) is 0 Å². The van der Waals surface area contributed by atoms with Gasteiger partial charge in [-0.05, 0) is 45.3 Å². The maximum atomic E-state index is 12.6. The van der Waals surface area contributed by atoms with E-state index in [2.05, 4.69) is 0 Å². The maximum absolute atomic E-state index is 12.6. The molecule has 0 saturated heterocycles. The number of hydrogen-bond donors (Lipinski definition) is 0. The van der Waals surface area contributed by atoms with E-state index in [0.717, 1.165) is 12.8 Å². The van der Waals surface area contributed by atoms with E-state index >= 15 is 0 Å². The van der Waals surface area contributed by atoms with Crippen molar-refractivity contribution < 1.29 is 138 Å². The van der Waals surface area contributed by atoms with Gasteiger partial charge in [0.1, 0.15) is 0 Å². The van der Waals surface area contributed by atoms with E-state index in [1.807, 2.05) is 6.92 Å². The summed E-state index contributed by atoms with van der Waals surface area (Å²) in [5, 5.41) is 0. The van der Waals surface area contributed by atoms with Crippen LogP contribution < -0.4 is 0 Å². The van der Waals surface area contributed by atoms with Gasteiger partial charge < -0.3 is 138 Å². The van der Waals surface area contributed by atoms with E-state index in [4.69, 9.17) is 8.23 Å². The largest absolute Gasteiger partial charge is 0.578 e. The first-order valence-corrected chi connectivity index (χ1v) is 96.4. The Balaban J connectivity index is 0. The summed E-state index contributed by atoms with van der Waals surface area (Å²) in [4.78, 5) is 0. The average Bonchev–Trinajstić information content (AvgIpc) is 3.35. The average molecular weight is 1550 g/mol. The lowest BCUT2D eigenvalue weighted by Gasteiger charge is -2.22. The molecule has 0 unspecified atom stereocenters. The van der Waals surface area contributed by atoms with Gasteiger partial charge in [0.2, 0.25) is 16.2 Å². The van der Waals surface area contributed by atoms with Crippen molar-refractivity contribution in [3.8, 4) is 0 Å². The lowest BCUT2D eigenvalue weighted by molar-refractivity contribution is 0.457. The van der Waals surface area contributed by atoms with Crippen LogP contribution in [0.4, 0.5) is 0 Å². The molecular formula is C10H30O31Si32. The molecule has 0 aromatic heterocycles. The van der Waals surface area contributed by atoms with Gasteiger partial charge in [0, 0.05) is 0 Å². The van der Waals surface area contributed by atoms with E-state index in [1.165, 1.54) is 13.1 Å². The molecule has 0 heterocycles. The molecule has 0 aromatic rings. The normalized spacial score (nSPS) is 10.4. The van der Waals surface area contributed by atoms with Gasteiger partial charge in [0.15, 0.2) is 9.04 Å². The molecule has 63 heteroatoms. The third kappa shape index (κ3) is 23.1. The zero-order chi connectivity index (χ0) is 58.1. The maximum Gasteiger partial charge on any atom is 0.532 e. The van der Waals surface area contributed by atoms with E-state index in [9.17, 15) is 129 Å². The summed E-state index contributed by atoms with van der Waals surface area (Å²) in [6.45, 7) is 11.6. The Bertz CT molecular complexity index is 2820. The van der Waals surface area contributed by atoms with Crippen LogP contribution in [-0.4, -0.2) is 252 Å². The second-order valence-electron chi connectivity index (χ2n) is 14.8. The summed E-state index contributed by atoms with van der Waals surface area (Å²) in [7, 11) is -116. The third-order valence-corrected chi connectivity index (χ3v) is 229. The first kappa shape index (κ1) is 76.0. The van der Waals surface area contributed by atoms with Crippen molar-refractivity contribution >= 4 is 252 Å². The Labute approximate surface area is 450 Å². The molecule has 0 radical (unpaired) electrons. The summed E-state index contributed by atoms with van der Waals surface area (Å²) in [5.74, 6) is 0. The van der Waals surface area contributed by atoms with Crippen molar-refractivity contribution in [2.75, 3.05) is 0 Å². The van der Waals surface area contributed by atoms with E-state index in [0.29, 0.717) is 6.04 Å². The minimum Gasteiger partial charge on any atom is -0.578 e. The van der Waals surface area contributed by atoms with Crippen LogP contribution in [-0.2, 0) is 138 Å². The van der Waals surface area contributed by atoms with Crippen LogP contribution in [0.5, 0.6) is 0 Å². The zero-order valence-corrected chi connectivity index (χ0v) is 70.5. The lowest BCUT2D eigenvalue weighted by Crippen LogP contribution is -2.58. The molecule has 0 aliphatic heterocycles. The Morgan fingerprint density at radius 1 is 0.356 bits per heavy atom. The monoisotopic (exact) mass is 1540 g/mol. The van der Waals surface area contributed by atoms with Crippen molar-refractivity contribution in [3.05, 3.63) is 0 Å². The lowest BCUT2D eigenvalue weighted by atomic mass is 10.4. The molecule has 0 aliphatic rings.